The van der Waals surface area contributed by atoms with Crippen molar-refractivity contribution >= 4 is 23.1 Å². The molecule has 168 valence electrons. The fraction of sp³-hybridized carbons (Fsp3) is 0.120. The Balaban J connectivity index is 1.95. The third kappa shape index (κ3) is 4.11. The molecule has 1 unspecified atom stereocenters. The van der Waals surface area contributed by atoms with E-state index in [4.69, 9.17) is 0 Å². The molecule has 1 atom stereocenters. The summed E-state index contributed by atoms with van der Waals surface area (Å²) in [6.45, 7) is 1.82. The molecule has 0 spiro atoms. The van der Waals surface area contributed by atoms with Crippen LogP contribution in [0.2, 0.25) is 0 Å². The van der Waals surface area contributed by atoms with Gasteiger partial charge in [0.15, 0.2) is 0 Å². The van der Waals surface area contributed by atoms with E-state index in [-0.39, 0.29) is 22.4 Å². The minimum atomic E-state index is -4.68. The van der Waals surface area contributed by atoms with Crippen LogP contribution < -0.4 is 4.90 Å². The topological polar surface area (TPSA) is 57.6 Å². The van der Waals surface area contributed by atoms with Gasteiger partial charge in [-0.25, -0.2) is 4.39 Å². The van der Waals surface area contributed by atoms with Crippen LogP contribution in [-0.4, -0.2) is 16.8 Å². The van der Waals surface area contributed by atoms with E-state index >= 15 is 0 Å². The maximum absolute atomic E-state index is 14.0. The first kappa shape index (κ1) is 22.3. The largest absolute Gasteiger partial charge is 0.507 e. The Hall–Kier alpha value is -3.94. The van der Waals surface area contributed by atoms with Gasteiger partial charge >= 0.3 is 6.18 Å². The van der Waals surface area contributed by atoms with Crippen LogP contribution in [0.25, 0.3) is 5.76 Å². The first-order valence-electron chi connectivity index (χ1n) is 9.88. The molecule has 3 aromatic carbocycles. The van der Waals surface area contributed by atoms with Gasteiger partial charge in [-0.1, -0.05) is 48.0 Å². The summed E-state index contributed by atoms with van der Waals surface area (Å²) in [6, 6.07) is 14.1. The SMILES string of the molecule is Cc1ccc(C(O)=C2C(=O)C(=O)N(c3cccc(C(F)(F)F)c3)C2c2cccc(F)c2)cc1. The van der Waals surface area contributed by atoms with Gasteiger partial charge in [0.25, 0.3) is 11.7 Å². The molecule has 1 saturated heterocycles. The monoisotopic (exact) mass is 455 g/mol. The molecule has 1 N–H and O–H groups in total. The van der Waals surface area contributed by atoms with E-state index in [1.807, 2.05) is 6.92 Å². The minimum Gasteiger partial charge on any atom is -0.507 e. The normalized spacial score (nSPS) is 18.1. The van der Waals surface area contributed by atoms with E-state index in [2.05, 4.69) is 0 Å². The maximum Gasteiger partial charge on any atom is 0.416 e. The lowest BCUT2D eigenvalue weighted by Crippen LogP contribution is -2.29. The molecule has 1 heterocycles. The lowest BCUT2D eigenvalue weighted by atomic mass is 9.94. The highest BCUT2D eigenvalue weighted by Crippen LogP contribution is 2.43. The number of aryl methyl sites for hydroxylation is 1. The van der Waals surface area contributed by atoms with E-state index < -0.39 is 41.0 Å². The molecule has 4 rings (SSSR count). The first-order chi connectivity index (χ1) is 15.6. The average molecular weight is 455 g/mol. The number of benzene rings is 3. The van der Waals surface area contributed by atoms with E-state index in [0.717, 1.165) is 40.8 Å². The Bertz CT molecular complexity index is 1280. The van der Waals surface area contributed by atoms with Crippen molar-refractivity contribution in [1.82, 2.24) is 0 Å². The van der Waals surface area contributed by atoms with Crippen molar-refractivity contribution in [3.8, 4) is 0 Å². The second-order valence-corrected chi connectivity index (χ2v) is 7.64. The van der Waals surface area contributed by atoms with Crippen molar-refractivity contribution < 1.29 is 32.3 Å². The lowest BCUT2D eigenvalue weighted by molar-refractivity contribution is -0.137. The smallest absolute Gasteiger partial charge is 0.416 e. The van der Waals surface area contributed by atoms with Crippen molar-refractivity contribution in [2.45, 2.75) is 19.1 Å². The highest BCUT2D eigenvalue weighted by molar-refractivity contribution is 6.51. The van der Waals surface area contributed by atoms with Crippen molar-refractivity contribution in [2.75, 3.05) is 4.90 Å². The van der Waals surface area contributed by atoms with Crippen LogP contribution in [-0.2, 0) is 15.8 Å². The highest BCUT2D eigenvalue weighted by atomic mass is 19.4. The number of ketones is 1. The Labute approximate surface area is 186 Å². The standard InChI is InChI=1S/C25H17F4NO3/c1-14-8-10-15(11-9-14)22(31)20-21(16-4-2-6-18(26)12-16)30(24(33)23(20)32)19-7-3-5-17(13-19)25(27,28)29/h2-13,21,31H,1H3. The zero-order chi connectivity index (χ0) is 23.9. The molecule has 1 amide bonds. The first-order valence-corrected chi connectivity index (χ1v) is 9.88. The lowest BCUT2D eigenvalue weighted by Gasteiger charge is -2.26. The predicted molar refractivity (Wildman–Crippen MR) is 114 cm³/mol. The Morgan fingerprint density at radius 2 is 1.61 bits per heavy atom. The van der Waals surface area contributed by atoms with Crippen LogP contribution in [0.4, 0.5) is 23.2 Å². The van der Waals surface area contributed by atoms with Gasteiger partial charge in [0.05, 0.1) is 17.2 Å². The number of aliphatic hydroxyl groups is 1. The van der Waals surface area contributed by atoms with Gasteiger partial charge < -0.3 is 5.11 Å². The molecule has 1 aliphatic rings. The number of hydrogen-bond acceptors (Lipinski definition) is 3. The molecule has 8 heteroatoms. The number of amides is 1. The van der Waals surface area contributed by atoms with Gasteiger partial charge in [0.2, 0.25) is 0 Å². The summed E-state index contributed by atoms with van der Waals surface area (Å²) in [5.74, 6) is -3.38. The predicted octanol–water partition coefficient (Wildman–Crippen LogP) is 5.78. The number of Topliss-reactive ketones (excluding diaryl/α,β-unsaturated/α-hetero) is 1. The number of carbonyl (C=O) groups excluding carboxylic acids is 2. The molecular weight excluding hydrogens is 438 g/mol. The number of halogens is 4. The summed E-state index contributed by atoms with van der Waals surface area (Å²) >= 11 is 0. The summed E-state index contributed by atoms with van der Waals surface area (Å²) < 4.78 is 53.9. The molecule has 0 radical (unpaired) electrons. The summed E-state index contributed by atoms with van der Waals surface area (Å²) in [6.07, 6.45) is -4.68. The van der Waals surface area contributed by atoms with Gasteiger partial charge in [-0.05, 0) is 42.8 Å². The molecule has 3 aromatic rings. The zero-order valence-corrected chi connectivity index (χ0v) is 17.2. The van der Waals surface area contributed by atoms with Crippen LogP contribution in [0.1, 0.15) is 28.3 Å². The third-order valence-electron chi connectivity index (χ3n) is 5.39. The van der Waals surface area contributed by atoms with Crippen molar-refractivity contribution in [2.24, 2.45) is 0 Å². The van der Waals surface area contributed by atoms with E-state index in [1.54, 1.807) is 24.3 Å². The molecule has 4 nitrogen and oxygen atoms in total. The molecule has 0 aromatic heterocycles. The number of aliphatic hydroxyl groups excluding tert-OH is 1. The van der Waals surface area contributed by atoms with Crippen molar-refractivity contribution in [3.63, 3.8) is 0 Å². The van der Waals surface area contributed by atoms with Gasteiger partial charge in [0, 0.05) is 11.3 Å². The van der Waals surface area contributed by atoms with Crippen LogP contribution in [0.3, 0.4) is 0 Å². The average Bonchev–Trinajstić information content (AvgIpc) is 3.04. The minimum absolute atomic E-state index is 0.125. The summed E-state index contributed by atoms with van der Waals surface area (Å²) in [5, 5.41) is 11.0. The molecule has 0 bridgehead atoms. The summed E-state index contributed by atoms with van der Waals surface area (Å²) in [7, 11) is 0. The van der Waals surface area contributed by atoms with E-state index in [0.29, 0.717) is 0 Å². The van der Waals surface area contributed by atoms with Gasteiger partial charge in [0.1, 0.15) is 11.6 Å². The molecular formula is C25H17F4NO3. The molecule has 0 saturated carbocycles. The second-order valence-electron chi connectivity index (χ2n) is 7.64. The van der Waals surface area contributed by atoms with Gasteiger partial charge in [-0.2, -0.15) is 13.2 Å². The van der Waals surface area contributed by atoms with Gasteiger partial charge in [-0.3, -0.25) is 14.5 Å². The summed E-state index contributed by atoms with van der Waals surface area (Å²) in [4.78, 5) is 26.8. The molecule has 0 aliphatic carbocycles. The maximum atomic E-state index is 14.0. The Morgan fingerprint density at radius 1 is 0.939 bits per heavy atom. The molecule has 1 fully saturated rings. The number of rotatable bonds is 3. The number of alkyl halides is 3. The quantitative estimate of drug-likeness (QED) is 0.236. The Morgan fingerprint density at radius 3 is 2.24 bits per heavy atom. The number of nitrogens with zero attached hydrogens (tertiary/aromatic N) is 1. The van der Waals surface area contributed by atoms with Crippen LogP contribution in [0.15, 0.2) is 78.4 Å². The second kappa shape index (κ2) is 8.20. The van der Waals surface area contributed by atoms with Crippen molar-refractivity contribution in [3.05, 3.63) is 106 Å². The van der Waals surface area contributed by atoms with E-state index in [9.17, 15) is 32.3 Å². The van der Waals surface area contributed by atoms with Crippen LogP contribution in [0, 0.1) is 12.7 Å². The molecule has 33 heavy (non-hydrogen) atoms. The number of hydrogen-bond donors (Lipinski definition) is 1. The number of anilines is 1. The summed E-state index contributed by atoms with van der Waals surface area (Å²) in [5.41, 5.74) is -0.309. The zero-order valence-electron chi connectivity index (χ0n) is 17.2. The molecule has 1 aliphatic heterocycles. The van der Waals surface area contributed by atoms with E-state index in [1.165, 1.54) is 18.2 Å². The fourth-order valence-electron chi connectivity index (χ4n) is 3.79. The fourth-order valence-corrected chi connectivity index (χ4v) is 3.79. The number of carbonyl (C=O) groups is 2. The van der Waals surface area contributed by atoms with Crippen LogP contribution >= 0.6 is 0 Å². The Kier molecular flexibility index (Phi) is 5.53. The highest BCUT2D eigenvalue weighted by Gasteiger charge is 2.47. The van der Waals surface area contributed by atoms with Gasteiger partial charge in [-0.15, -0.1) is 0 Å². The third-order valence-corrected chi connectivity index (χ3v) is 5.39. The van der Waals surface area contributed by atoms with Crippen LogP contribution in [0.5, 0.6) is 0 Å². The van der Waals surface area contributed by atoms with Crippen molar-refractivity contribution in [1.29, 1.82) is 0 Å².